The molecule has 142 valence electrons. The van der Waals surface area contributed by atoms with E-state index in [1.807, 2.05) is 60.7 Å². The number of para-hydroxylation sites is 2. The van der Waals surface area contributed by atoms with E-state index in [-0.39, 0.29) is 11.5 Å². The highest BCUT2D eigenvalue weighted by Crippen LogP contribution is 2.43. The van der Waals surface area contributed by atoms with Crippen LogP contribution in [0.25, 0.3) is 54.7 Å². The summed E-state index contributed by atoms with van der Waals surface area (Å²) in [6, 6.07) is 26.5. The van der Waals surface area contributed by atoms with Crippen LogP contribution in [0.1, 0.15) is 0 Å². The molecule has 0 aliphatic heterocycles. The SMILES string of the molecule is Oc1ccc2nc3ccccc3c(-c3c4ccccc4nc4ccc(O)cc34)c2c1. The van der Waals surface area contributed by atoms with Crippen LogP contribution in [-0.4, -0.2) is 20.2 Å². The zero-order valence-electron chi connectivity index (χ0n) is 15.9. The van der Waals surface area contributed by atoms with Crippen molar-refractivity contribution >= 4 is 43.6 Å². The maximum atomic E-state index is 10.3. The highest BCUT2D eigenvalue weighted by molar-refractivity contribution is 6.20. The molecular weight excluding hydrogens is 372 g/mol. The van der Waals surface area contributed by atoms with E-state index in [2.05, 4.69) is 0 Å². The number of hydrogen-bond donors (Lipinski definition) is 2. The second kappa shape index (κ2) is 6.16. The molecule has 4 heteroatoms. The molecule has 0 saturated carbocycles. The fourth-order valence-electron chi connectivity index (χ4n) is 4.30. The Morgan fingerprint density at radius 2 is 0.833 bits per heavy atom. The van der Waals surface area contributed by atoms with E-state index in [1.165, 1.54) is 0 Å². The number of aromatic hydroxyl groups is 2. The average molecular weight is 388 g/mol. The Bertz CT molecular complexity index is 1500. The van der Waals surface area contributed by atoms with Gasteiger partial charge < -0.3 is 10.2 Å². The minimum Gasteiger partial charge on any atom is -0.508 e. The maximum absolute atomic E-state index is 10.3. The lowest BCUT2D eigenvalue weighted by Gasteiger charge is -2.16. The van der Waals surface area contributed by atoms with Gasteiger partial charge in [0.2, 0.25) is 0 Å². The van der Waals surface area contributed by atoms with E-state index in [9.17, 15) is 10.2 Å². The van der Waals surface area contributed by atoms with Crippen LogP contribution in [0, 0.1) is 0 Å². The molecule has 6 aromatic rings. The number of pyridine rings is 2. The third-order valence-electron chi connectivity index (χ3n) is 5.58. The van der Waals surface area contributed by atoms with Gasteiger partial charge in [0.05, 0.1) is 22.1 Å². The summed E-state index contributed by atoms with van der Waals surface area (Å²) in [7, 11) is 0. The van der Waals surface area contributed by atoms with Crippen molar-refractivity contribution in [2.45, 2.75) is 0 Å². The van der Waals surface area contributed by atoms with Crippen molar-refractivity contribution in [3.8, 4) is 22.6 Å². The van der Waals surface area contributed by atoms with Crippen LogP contribution in [0.4, 0.5) is 0 Å². The molecule has 0 unspecified atom stereocenters. The smallest absolute Gasteiger partial charge is 0.116 e. The minimum atomic E-state index is 0.186. The second-order valence-electron chi connectivity index (χ2n) is 7.41. The van der Waals surface area contributed by atoms with E-state index < -0.39 is 0 Å². The molecule has 4 nitrogen and oxygen atoms in total. The molecule has 0 amide bonds. The fraction of sp³-hybridized carbons (Fsp3) is 0. The maximum Gasteiger partial charge on any atom is 0.116 e. The monoisotopic (exact) mass is 388 g/mol. The van der Waals surface area contributed by atoms with Gasteiger partial charge in [-0.3, -0.25) is 0 Å². The molecule has 2 aromatic heterocycles. The van der Waals surface area contributed by atoms with Gasteiger partial charge in [-0.1, -0.05) is 36.4 Å². The summed E-state index contributed by atoms with van der Waals surface area (Å²) in [6.07, 6.45) is 0. The van der Waals surface area contributed by atoms with Gasteiger partial charge in [-0.25, -0.2) is 9.97 Å². The first-order chi connectivity index (χ1) is 14.7. The van der Waals surface area contributed by atoms with E-state index in [1.54, 1.807) is 24.3 Å². The Kier molecular flexibility index (Phi) is 3.44. The topological polar surface area (TPSA) is 66.2 Å². The first-order valence-corrected chi connectivity index (χ1v) is 9.72. The molecule has 30 heavy (non-hydrogen) atoms. The van der Waals surface area contributed by atoms with Gasteiger partial charge in [0.15, 0.2) is 0 Å². The van der Waals surface area contributed by atoms with Crippen molar-refractivity contribution in [2.75, 3.05) is 0 Å². The first kappa shape index (κ1) is 16.7. The zero-order chi connectivity index (χ0) is 20.2. The lowest BCUT2D eigenvalue weighted by Crippen LogP contribution is -1.93. The van der Waals surface area contributed by atoms with Crippen molar-refractivity contribution in [2.24, 2.45) is 0 Å². The summed E-state index contributed by atoms with van der Waals surface area (Å²) in [5.74, 6) is 0.373. The number of nitrogens with zero attached hydrogens (tertiary/aromatic N) is 2. The summed E-state index contributed by atoms with van der Waals surface area (Å²) in [5.41, 5.74) is 5.30. The Labute approximate surface area is 171 Å². The van der Waals surface area contributed by atoms with Gasteiger partial charge in [0.1, 0.15) is 11.5 Å². The molecule has 0 spiro atoms. The highest BCUT2D eigenvalue weighted by atomic mass is 16.3. The number of phenolic OH excluding ortho intramolecular Hbond substituents is 2. The van der Waals surface area contributed by atoms with E-state index in [4.69, 9.17) is 9.97 Å². The van der Waals surface area contributed by atoms with E-state index >= 15 is 0 Å². The van der Waals surface area contributed by atoms with Crippen molar-refractivity contribution in [1.29, 1.82) is 0 Å². The molecule has 0 saturated heterocycles. The molecule has 0 atom stereocenters. The molecule has 6 rings (SSSR count). The van der Waals surface area contributed by atoms with Gasteiger partial charge >= 0.3 is 0 Å². The van der Waals surface area contributed by atoms with Crippen LogP contribution in [0.2, 0.25) is 0 Å². The summed E-state index contributed by atoms with van der Waals surface area (Å²) in [4.78, 5) is 9.61. The standard InChI is InChI=1S/C26H16N2O2/c29-15-9-11-23-19(13-15)25(17-5-1-3-7-21(17)27-23)26-18-6-2-4-8-22(18)28-24-12-10-16(30)14-20(24)26/h1-14,29-30H. The molecule has 0 fully saturated rings. The molecule has 0 radical (unpaired) electrons. The summed E-state index contributed by atoms with van der Waals surface area (Å²) < 4.78 is 0. The number of rotatable bonds is 1. The van der Waals surface area contributed by atoms with Crippen LogP contribution in [0.3, 0.4) is 0 Å². The molecule has 2 heterocycles. The number of hydrogen-bond acceptors (Lipinski definition) is 4. The fourth-order valence-corrected chi connectivity index (χ4v) is 4.30. The molecule has 0 bridgehead atoms. The molecule has 0 aliphatic carbocycles. The number of benzene rings is 4. The highest BCUT2D eigenvalue weighted by Gasteiger charge is 2.18. The third-order valence-corrected chi connectivity index (χ3v) is 5.58. The minimum absolute atomic E-state index is 0.186. The molecule has 2 N–H and O–H groups in total. The third kappa shape index (κ3) is 2.40. The van der Waals surface area contributed by atoms with Crippen LogP contribution < -0.4 is 0 Å². The quantitative estimate of drug-likeness (QED) is 0.331. The predicted octanol–water partition coefficient (Wildman–Crippen LogP) is 6.17. The predicted molar refractivity (Wildman–Crippen MR) is 121 cm³/mol. The number of phenols is 2. The normalized spacial score (nSPS) is 11.6. The van der Waals surface area contributed by atoms with Gasteiger partial charge in [0.25, 0.3) is 0 Å². The van der Waals surface area contributed by atoms with Crippen molar-refractivity contribution < 1.29 is 10.2 Å². The lowest BCUT2D eigenvalue weighted by atomic mass is 9.90. The van der Waals surface area contributed by atoms with Crippen molar-refractivity contribution in [3.05, 3.63) is 84.9 Å². The largest absolute Gasteiger partial charge is 0.508 e. The molecule has 4 aromatic carbocycles. The Balaban J connectivity index is 1.95. The zero-order valence-corrected chi connectivity index (χ0v) is 15.9. The Morgan fingerprint density at radius 3 is 1.30 bits per heavy atom. The Hall–Kier alpha value is -4.18. The second-order valence-corrected chi connectivity index (χ2v) is 7.41. The van der Waals surface area contributed by atoms with Crippen LogP contribution in [0.5, 0.6) is 11.5 Å². The lowest BCUT2D eigenvalue weighted by molar-refractivity contribution is 0.475. The first-order valence-electron chi connectivity index (χ1n) is 9.72. The van der Waals surface area contributed by atoms with Gasteiger partial charge in [-0.15, -0.1) is 0 Å². The van der Waals surface area contributed by atoms with Gasteiger partial charge in [-0.2, -0.15) is 0 Å². The van der Waals surface area contributed by atoms with Crippen molar-refractivity contribution in [3.63, 3.8) is 0 Å². The number of aromatic nitrogens is 2. The summed E-state index contributed by atoms with van der Waals surface area (Å²) >= 11 is 0. The van der Waals surface area contributed by atoms with Crippen molar-refractivity contribution in [1.82, 2.24) is 9.97 Å². The average Bonchev–Trinajstić information content (AvgIpc) is 2.76. The van der Waals surface area contributed by atoms with Gasteiger partial charge in [0, 0.05) is 32.7 Å². The van der Waals surface area contributed by atoms with Crippen LogP contribution in [-0.2, 0) is 0 Å². The van der Waals surface area contributed by atoms with Crippen LogP contribution >= 0.6 is 0 Å². The summed E-state index contributed by atoms with van der Waals surface area (Å²) in [5, 5.41) is 24.2. The number of fused-ring (bicyclic) bond motifs is 4. The van der Waals surface area contributed by atoms with Crippen LogP contribution in [0.15, 0.2) is 84.9 Å². The molecular formula is C26H16N2O2. The van der Waals surface area contributed by atoms with E-state index in [0.717, 1.165) is 54.7 Å². The van der Waals surface area contributed by atoms with E-state index in [0.29, 0.717) is 0 Å². The summed E-state index contributed by atoms with van der Waals surface area (Å²) in [6.45, 7) is 0. The van der Waals surface area contributed by atoms with Gasteiger partial charge in [-0.05, 0) is 48.5 Å². The molecule has 0 aliphatic rings. The Morgan fingerprint density at radius 1 is 0.433 bits per heavy atom.